The van der Waals surface area contributed by atoms with E-state index < -0.39 is 0 Å². The number of rotatable bonds is 4. The maximum Gasteiger partial charge on any atom is 0.322 e. The van der Waals surface area contributed by atoms with Crippen molar-refractivity contribution in [3.63, 3.8) is 0 Å². The molecule has 0 radical (unpaired) electrons. The fraction of sp³-hybridized carbons (Fsp3) is 0.667. The van der Waals surface area contributed by atoms with E-state index in [4.69, 9.17) is 4.74 Å². The van der Waals surface area contributed by atoms with Gasteiger partial charge in [-0.05, 0) is 25.7 Å². The topological polar surface area (TPSA) is 70.6 Å². The van der Waals surface area contributed by atoms with Crippen LogP contribution in [0, 0.1) is 5.92 Å². The molecule has 0 spiro atoms. The molecule has 7 heteroatoms. The van der Waals surface area contributed by atoms with Crippen molar-refractivity contribution < 1.29 is 9.53 Å². The average Bonchev–Trinajstić information content (AvgIpc) is 3.31. The van der Waals surface area contributed by atoms with E-state index >= 15 is 0 Å². The van der Waals surface area contributed by atoms with E-state index in [-0.39, 0.29) is 12.1 Å². The van der Waals surface area contributed by atoms with Crippen LogP contribution in [-0.4, -0.2) is 65.1 Å². The second kappa shape index (κ2) is 6.48. The minimum absolute atomic E-state index is 0.119. The van der Waals surface area contributed by atoms with Crippen molar-refractivity contribution >= 4 is 11.7 Å². The third-order valence-corrected chi connectivity index (χ3v) is 4.30. The van der Waals surface area contributed by atoms with Gasteiger partial charge in [-0.3, -0.25) is 4.90 Å². The van der Waals surface area contributed by atoms with Crippen LogP contribution in [0.25, 0.3) is 0 Å². The highest BCUT2D eigenvalue weighted by molar-refractivity contribution is 5.90. The second-order valence-electron chi connectivity index (χ2n) is 6.12. The number of amides is 2. The van der Waals surface area contributed by atoms with Gasteiger partial charge in [0.1, 0.15) is 12.0 Å². The molecular formula is C15H23N5O2. The minimum atomic E-state index is -0.119. The van der Waals surface area contributed by atoms with Crippen LogP contribution >= 0.6 is 0 Å². The summed E-state index contributed by atoms with van der Waals surface area (Å²) in [6.07, 6.45) is 5.68. The Labute approximate surface area is 130 Å². The monoisotopic (exact) mass is 305 g/mol. The zero-order valence-corrected chi connectivity index (χ0v) is 13.2. The van der Waals surface area contributed by atoms with Crippen LogP contribution < -0.4 is 10.1 Å². The number of carbonyl (C=O) groups is 1. The number of hydrogen-bond donors (Lipinski definition) is 1. The normalized spacial score (nSPS) is 22.5. The molecule has 3 rings (SSSR count). The number of anilines is 1. The molecule has 0 aromatic carbocycles. The van der Waals surface area contributed by atoms with E-state index in [1.54, 1.807) is 6.20 Å². The highest BCUT2D eigenvalue weighted by Crippen LogP contribution is 2.30. The highest BCUT2D eigenvalue weighted by Gasteiger charge is 2.31. The molecule has 120 valence electrons. The van der Waals surface area contributed by atoms with Crippen molar-refractivity contribution in [1.82, 2.24) is 19.8 Å². The van der Waals surface area contributed by atoms with Crippen LogP contribution in [0.5, 0.6) is 5.88 Å². The largest absolute Gasteiger partial charge is 0.479 e. The summed E-state index contributed by atoms with van der Waals surface area (Å²) in [5.41, 5.74) is 0.502. The Hall–Kier alpha value is -1.89. The molecule has 22 heavy (non-hydrogen) atoms. The lowest BCUT2D eigenvalue weighted by Gasteiger charge is -2.39. The number of nitrogens with zero attached hydrogens (tertiary/aromatic N) is 4. The summed E-state index contributed by atoms with van der Waals surface area (Å²) in [5.74, 6) is 1.27. The Bertz CT molecular complexity index is 534. The molecule has 7 nitrogen and oxygen atoms in total. The van der Waals surface area contributed by atoms with Gasteiger partial charge in [0.25, 0.3) is 0 Å². The SMILES string of the molecule is COc1ncncc1NC(=O)N1CCN(CC2CC2)CC1C. The van der Waals surface area contributed by atoms with Crippen LogP contribution in [0.15, 0.2) is 12.5 Å². The van der Waals surface area contributed by atoms with Gasteiger partial charge >= 0.3 is 6.03 Å². The van der Waals surface area contributed by atoms with Gasteiger partial charge in [-0.25, -0.2) is 9.78 Å². The van der Waals surface area contributed by atoms with Crippen molar-refractivity contribution in [2.45, 2.75) is 25.8 Å². The third kappa shape index (κ3) is 3.47. The Morgan fingerprint density at radius 2 is 2.27 bits per heavy atom. The smallest absolute Gasteiger partial charge is 0.322 e. The molecule has 1 aliphatic heterocycles. The summed E-state index contributed by atoms with van der Waals surface area (Å²) in [4.78, 5) is 24.7. The molecule has 2 amide bonds. The molecule has 2 heterocycles. The number of hydrogen-bond acceptors (Lipinski definition) is 5. The van der Waals surface area contributed by atoms with Crippen molar-refractivity contribution in [2.75, 3.05) is 38.6 Å². The van der Waals surface area contributed by atoms with Gasteiger partial charge in [-0.1, -0.05) is 0 Å². The Morgan fingerprint density at radius 1 is 1.45 bits per heavy atom. The van der Waals surface area contributed by atoms with Crippen molar-refractivity contribution in [1.29, 1.82) is 0 Å². The van der Waals surface area contributed by atoms with Gasteiger partial charge in [-0.2, -0.15) is 4.98 Å². The first-order valence-electron chi connectivity index (χ1n) is 7.81. The molecular weight excluding hydrogens is 282 g/mol. The predicted octanol–water partition coefficient (Wildman–Crippen LogP) is 1.43. The van der Waals surface area contributed by atoms with Gasteiger partial charge in [0, 0.05) is 32.2 Å². The first-order chi connectivity index (χ1) is 10.7. The first-order valence-corrected chi connectivity index (χ1v) is 7.81. The molecule has 1 aromatic heterocycles. The molecule has 1 aliphatic carbocycles. The van der Waals surface area contributed by atoms with Crippen LogP contribution in [0.1, 0.15) is 19.8 Å². The summed E-state index contributed by atoms with van der Waals surface area (Å²) >= 11 is 0. The van der Waals surface area contributed by atoms with Gasteiger partial charge in [-0.15, -0.1) is 0 Å². The number of methoxy groups -OCH3 is 1. The average molecular weight is 305 g/mol. The van der Waals surface area contributed by atoms with E-state index in [0.717, 1.165) is 25.6 Å². The van der Waals surface area contributed by atoms with Gasteiger partial charge in [0.2, 0.25) is 5.88 Å². The fourth-order valence-corrected chi connectivity index (χ4v) is 2.92. The molecule has 1 aromatic rings. The molecule has 2 aliphatic rings. The van der Waals surface area contributed by atoms with Crippen molar-refractivity contribution in [3.8, 4) is 5.88 Å². The lowest BCUT2D eigenvalue weighted by Crippen LogP contribution is -2.55. The summed E-state index contributed by atoms with van der Waals surface area (Å²) in [6, 6.07) is 0.0785. The number of aromatic nitrogens is 2. The molecule has 1 saturated carbocycles. The molecule has 0 bridgehead atoms. The first kappa shape index (κ1) is 15.0. The lowest BCUT2D eigenvalue weighted by molar-refractivity contribution is 0.105. The van der Waals surface area contributed by atoms with Crippen molar-refractivity contribution in [2.24, 2.45) is 5.92 Å². The lowest BCUT2D eigenvalue weighted by atomic mass is 10.2. The summed E-state index contributed by atoms with van der Waals surface area (Å²) in [7, 11) is 1.53. The standard InChI is InChI=1S/C15H23N5O2/c1-11-8-19(9-12-3-4-12)5-6-20(11)15(21)18-13-7-16-10-17-14(13)22-2/h7,10-12H,3-6,8-9H2,1-2H3,(H,18,21). The number of ether oxygens (including phenoxy) is 1. The third-order valence-electron chi connectivity index (χ3n) is 4.30. The van der Waals surface area contributed by atoms with Gasteiger partial charge in [0.05, 0.1) is 13.3 Å². The number of nitrogens with one attached hydrogen (secondary N) is 1. The van der Waals surface area contributed by atoms with Crippen LogP contribution in [0.2, 0.25) is 0 Å². The molecule has 1 unspecified atom stereocenters. The van der Waals surface area contributed by atoms with E-state index in [0.29, 0.717) is 11.6 Å². The second-order valence-corrected chi connectivity index (χ2v) is 6.12. The van der Waals surface area contributed by atoms with Crippen LogP contribution in [0.3, 0.4) is 0 Å². The molecule has 1 N–H and O–H groups in total. The maximum atomic E-state index is 12.5. The van der Waals surface area contributed by atoms with Crippen LogP contribution in [0.4, 0.5) is 10.5 Å². The Morgan fingerprint density at radius 3 is 2.95 bits per heavy atom. The fourth-order valence-electron chi connectivity index (χ4n) is 2.92. The van der Waals surface area contributed by atoms with Crippen LogP contribution in [-0.2, 0) is 0 Å². The van der Waals surface area contributed by atoms with Gasteiger partial charge in [0.15, 0.2) is 0 Å². The van der Waals surface area contributed by atoms with Gasteiger partial charge < -0.3 is 15.0 Å². The molecule has 1 atom stereocenters. The van der Waals surface area contributed by atoms with Crippen molar-refractivity contribution in [3.05, 3.63) is 12.5 Å². The maximum absolute atomic E-state index is 12.5. The Kier molecular flexibility index (Phi) is 4.42. The van der Waals surface area contributed by atoms with E-state index in [1.165, 1.54) is 32.8 Å². The quantitative estimate of drug-likeness (QED) is 0.911. The summed E-state index contributed by atoms with van der Waals surface area (Å²) in [5, 5.41) is 2.85. The van der Waals surface area contributed by atoms with E-state index in [9.17, 15) is 4.79 Å². The zero-order chi connectivity index (χ0) is 15.5. The number of carbonyl (C=O) groups excluding carboxylic acids is 1. The minimum Gasteiger partial charge on any atom is -0.479 e. The highest BCUT2D eigenvalue weighted by atomic mass is 16.5. The summed E-state index contributed by atoms with van der Waals surface area (Å²) in [6.45, 7) is 5.90. The van der Waals surface area contributed by atoms with E-state index in [1.807, 2.05) is 4.90 Å². The zero-order valence-electron chi connectivity index (χ0n) is 13.2. The molecule has 2 fully saturated rings. The Balaban J connectivity index is 1.58. The summed E-state index contributed by atoms with van der Waals surface area (Å²) < 4.78 is 5.14. The molecule has 1 saturated heterocycles. The van der Waals surface area contributed by atoms with E-state index in [2.05, 4.69) is 27.1 Å². The predicted molar refractivity (Wildman–Crippen MR) is 82.9 cm³/mol. The number of urea groups is 1. The number of piperazine rings is 1.